The molecular weight excluding hydrogens is 477 g/mol. The molecular formula is C19H20ClF3N2O4S2. The molecule has 2 aromatic carbocycles. The summed E-state index contributed by atoms with van der Waals surface area (Å²) in [4.78, 5) is 0.993. The van der Waals surface area contributed by atoms with Crippen molar-refractivity contribution in [2.45, 2.75) is 35.2 Å². The summed E-state index contributed by atoms with van der Waals surface area (Å²) in [5.74, 6) is 0. The second-order valence-electron chi connectivity index (χ2n) is 7.25. The van der Waals surface area contributed by atoms with Crippen LogP contribution in [0.25, 0.3) is 0 Å². The quantitative estimate of drug-likeness (QED) is 0.656. The van der Waals surface area contributed by atoms with Crippen LogP contribution in [0.4, 0.5) is 24.5 Å². The highest BCUT2D eigenvalue weighted by molar-refractivity contribution is 7.93. The van der Waals surface area contributed by atoms with Crippen LogP contribution in [0.3, 0.4) is 0 Å². The SMILES string of the molecule is CS(=O)(=O)c1ccc(Cl)c(S(=O)(=O)Nc2cc(C(F)(F)F)ccc2N2CCCCC2)c1. The Morgan fingerprint density at radius 3 is 2.19 bits per heavy atom. The molecule has 1 fully saturated rings. The van der Waals surface area contributed by atoms with Crippen molar-refractivity contribution in [1.29, 1.82) is 0 Å². The number of hydrogen-bond acceptors (Lipinski definition) is 5. The number of sulfonamides is 1. The summed E-state index contributed by atoms with van der Waals surface area (Å²) in [5.41, 5.74) is -0.953. The van der Waals surface area contributed by atoms with Crippen LogP contribution in [0.5, 0.6) is 0 Å². The first-order valence-corrected chi connectivity index (χ1v) is 13.0. The van der Waals surface area contributed by atoms with Gasteiger partial charge in [0, 0.05) is 19.3 Å². The van der Waals surface area contributed by atoms with E-state index < -0.39 is 36.5 Å². The van der Waals surface area contributed by atoms with Gasteiger partial charge in [0.05, 0.1) is 26.9 Å². The zero-order valence-electron chi connectivity index (χ0n) is 16.4. The van der Waals surface area contributed by atoms with Crippen molar-refractivity contribution in [1.82, 2.24) is 0 Å². The van der Waals surface area contributed by atoms with Gasteiger partial charge in [-0.25, -0.2) is 16.8 Å². The lowest BCUT2D eigenvalue weighted by atomic mass is 10.1. The van der Waals surface area contributed by atoms with Gasteiger partial charge in [0.1, 0.15) is 4.90 Å². The smallest absolute Gasteiger partial charge is 0.370 e. The monoisotopic (exact) mass is 496 g/mol. The van der Waals surface area contributed by atoms with E-state index in [-0.39, 0.29) is 15.6 Å². The van der Waals surface area contributed by atoms with Gasteiger partial charge in [-0.1, -0.05) is 11.6 Å². The van der Waals surface area contributed by atoms with Crippen molar-refractivity contribution in [3.8, 4) is 0 Å². The van der Waals surface area contributed by atoms with Crippen molar-refractivity contribution in [3.05, 3.63) is 47.0 Å². The fourth-order valence-electron chi connectivity index (χ4n) is 3.32. The van der Waals surface area contributed by atoms with Gasteiger partial charge < -0.3 is 4.90 Å². The second kappa shape index (κ2) is 8.51. The molecule has 1 aliphatic rings. The van der Waals surface area contributed by atoms with E-state index in [2.05, 4.69) is 4.72 Å². The van der Waals surface area contributed by atoms with E-state index >= 15 is 0 Å². The lowest BCUT2D eigenvalue weighted by Gasteiger charge is -2.31. The van der Waals surface area contributed by atoms with Crippen LogP contribution in [0.15, 0.2) is 46.2 Å². The number of hydrogen-bond donors (Lipinski definition) is 1. The minimum absolute atomic E-state index is 0.252. The predicted octanol–water partition coefficient (Wildman–Crippen LogP) is 4.55. The van der Waals surface area contributed by atoms with E-state index in [1.165, 1.54) is 6.07 Å². The summed E-state index contributed by atoms with van der Waals surface area (Å²) in [7, 11) is -8.23. The van der Waals surface area contributed by atoms with Crippen LogP contribution in [-0.4, -0.2) is 36.2 Å². The minimum Gasteiger partial charge on any atom is -0.370 e. The molecule has 6 nitrogen and oxygen atoms in total. The van der Waals surface area contributed by atoms with E-state index in [0.717, 1.165) is 55.9 Å². The van der Waals surface area contributed by atoms with Crippen LogP contribution >= 0.6 is 11.6 Å². The number of nitrogens with one attached hydrogen (secondary N) is 1. The van der Waals surface area contributed by atoms with Gasteiger partial charge in [0.15, 0.2) is 9.84 Å². The first-order chi connectivity index (χ1) is 14.3. The number of rotatable bonds is 5. The van der Waals surface area contributed by atoms with Gasteiger partial charge in [-0.2, -0.15) is 13.2 Å². The molecule has 0 aliphatic carbocycles. The molecule has 0 atom stereocenters. The average Bonchev–Trinajstić information content (AvgIpc) is 2.67. The van der Waals surface area contributed by atoms with Crippen LogP contribution in [0, 0.1) is 0 Å². The van der Waals surface area contributed by atoms with Gasteiger partial charge in [-0.15, -0.1) is 0 Å². The van der Waals surface area contributed by atoms with Gasteiger partial charge in [-0.05, 0) is 55.7 Å². The second-order valence-corrected chi connectivity index (χ2v) is 11.3. The number of sulfone groups is 1. The van der Waals surface area contributed by atoms with Crippen molar-refractivity contribution >= 4 is 42.8 Å². The molecule has 170 valence electrons. The number of piperidine rings is 1. The van der Waals surface area contributed by atoms with Gasteiger partial charge in [-0.3, -0.25) is 4.72 Å². The Labute approximate surface area is 184 Å². The maximum atomic E-state index is 13.3. The number of nitrogens with zero attached hydrogens (tertiary/aromatic N) is 1. The Bertz CT molecular complexity index is 1190. The Balaban J connectivity index is 2.09. The molecule has 2 aromatic rings. The maximum absolute atomic E-state index is 13.3. The lowest BCUT2D eigenvalue weighted by Crippen LogP contribution is -2.30. The number of alkyl halides is 3. The molecule has 0 saturated carbocycles. The number of halogens is 4. The summed E-state index contributed by atoms with van der Waals surface area (Å²) in [6.45, 7) is 1.15. The molecule has 0 spiro atoms. The molecule has 1 saturated heterocycles. The van der Waals surface area contributed by atoms with Crippen molar-refractivity contribution < 1.29 is 30.0 Å². The van der Waals surface area contributed by atoms with Crippen molar-refractivity contribution in [2.75, 3.05) is 29.0 Å². The molecule has 0 radical (unpaired) electrons. The van der Waals surface area contributed by atoms with E-state index in [9.17, 15) is 30.0 Å². The lowest BCUT2D eigenvalue weighted by molar-refractivity contribution is -0.137. The summed E-state index contributed by atoms with van der Waals surface area (Å²) in [6, 6.07) is 6.02. The zero-order chi connectivity index (χ0) is 23.0. The van der Waals surface area contributed by atoms with E-state index in [1.807, 2.05) is 4.90 Å². The number of benzene rings is 2. The van der Waals surface area contributed by atoms with Crippen molar-refractivity contribution in [2.24, 2.45) is 0 Å². The highest BCUT2D eigenvalue weighted by Crippen LogP contribution is 2.38. The Hall–Kier alpha value is -1.98. The van der Waals surface area contributed by atoms with Crippen molar-refractivity contribution in [3.63, 3.8) is 0 Å². The van der Waals surface area contributed by atoms with Crippen LogP contribution in [-0.2, 0) is 26.0 Å². The minimum atomic E-state index is -4.67. The molecule has 31 heavy (non-hydrogen) atoms. The maximum Gasteiger partial charge on any atom is 0.416 e. The largest absolute Gasteiger partial charge is 0.416 e. The van der Waals surface area contributed by atoms with Gasteiger partial charge >= 0.3 is 6.18 Å². The van der Waals surface area contributed by atoms with Crippen LogP contribution in [0.1, 0.15) is 24.8 Å². The molecule has 0 bridgehead atoms. The van der Waals surface area contributed by atoms with Crippen LogP contribution in [0.2, 0.25) is 5.02 Å². The third-order valence-corrected chi connectivity index (χ3v) is 7.84. The third kappa shape index (κ3) is 5.45. The normalized spacial score (nSPS) is 15.7. The van der Waals surface area contributed by atoms with E-state index in [1.54, 1.807) is 0 Å². The molecule has 0 aromatic heterocycles. The third-order valence-electron chi connectivity index (χ3n) is 4.89. The Morgan fingerprint density at radius 2 is 1.61 bits per heavy atom. The molecule has 3 rings (SSSR count). The molecule has 12 heteroatoms. The molecule has 1 heterocycles. The fourth-order valence-corrected chi connectivity index (χ4v) is 5.64. The molecule has 1 aliphatic heterocycles. The molecule has 1 N–H and O–H groups in total. The summed E-state index contributed by atoms with van der Waals surface area (Å²) in [6.07, 6.45) is -1.13. The first-order valence-electron chi connectivity index (χ1n) is 9.28. The average molecular weight is 497 g/mol. The summed E-state index contributed by atoms with van der Waals surface area (Å²) >= 11 is 5.98. The number of anilines is 2. The van der Waals surface area contributed by atoms with Gasteiger partial charge in [0.2, 0.25) is 0 Å². The Morgan fingerprint density at radius 1 is 0.968 bits per heavy atom. The van der Waals surface area contributed by atoms with Crippen LogP contribution < -0.4 is 9.62 Å². The first kappa shape index (κ1) is 23.7. The van der Waals surface area contributed by atoms with Gasteiger partial charge in [0.25, 0.3) is 10.0 Å². The summed E-state index contributed by atoms with van der Waals surface area (Å²) in [5, 5.41) is -0.258. The highest BCUT2D eigenvalue weighted by atomic mass is 35.5. The highest BCUT2D eigenvalue weighted by Gasteiger charge is 2.32. The topological polar surface area (TPSA) is 83.5 Å². The van der Waals surface area contributed by atoms with E-state index in [4.69, 9.17) is 11.6 Å². The standard InChI is InChI=1S/C19H20ClF3N2O4S2/c1-30(26,27)14-6-7-15(20)18(12-14)31(28,29)24-16-11-13(19(21,22)23)5-8-17(16)25-9-3-2-4-10-25/h5-8,11-12,24H,2-4,9-10H2,1H3. The zero-order valence-corrected chi connectivity index (χ0v) is 18.8. The van der Waals surface area contributed by atoms with E-state index in [0.29, 0.717) is 18.8 Å². The Kier molecular flexibility index (Phi) is 6.50. The molecule has 0 amide bonds. The predicted molar refractivity (Wildman–Crippen MR) is 113 cm³/mol. The fraction of sp³-hybridized carbons (Fsp3) is 0.368. The molecule has 0 unspecified atom stereocenters. The summed E-state index contributed by atoms with van der Waals surface area (Å²) < 4.78 is 91.6.